The van der Waals surface area contributed by atoms with E-state index in [1.165, 1.54) is 12.1 Å². The minimum absolute atomic E-state index is 0.111. The molecule has 0 unspecified atom stereocenters. The van der Waals surface area contributed by atoms with Gasteiger partial charge in [0.2, 0.25) is 5.88 Å². The van der Waals surface area contributed by atoms with Crippen molar-refractivity contribution in [2.75, 3.05) is 18.5 Å². The van der Waals surface area contributed by atoms with Crippen molar-refractivity contribution in [1.82, 2.24) is 15.5 Å². The first-order valence-corrected chi connectivity index (χ1v) is 7.52. The summed E-state index contributed by atoms with van der Waals surface area (Å²) in [6.07, 6.45) is 1.56. The van der Waals surface area contributed by atoms with Crippen LogP contribution in [0, 0.1) is 5.82 Å². The molecule has 2 N–H and O–H groups in total. The Hall–Kier alpha value is -3.42. The lowest BCUT2D eigenvalue weighted by molar-refractivity contribution is 0.246. The zero-order valence-electron chi connectivity index (χ0n) is 13.1. The molecule has 25 heavy (non-hydrogen) atoms. The van der Waals surface area contributed by atoms with Gasteiger partial charge in [-0.3, -0.25) is 0 Å². The molecule has 2 aromatic heterocycles. The van der Waals surface area contributed by atoms with Crippen LogP contribution in [0.15, 0.2) is 59.2 Å². The predicted molar refractivity (Wildman–Crippen MR) is 88.7 cm³/mol. The van der Waals surface area contributed by atoms with Crippen molar-refractivity contribution in [2.45, 2.75) is 0 Å². The van der Waals surface area contributed by atoms with Crippen LogP contribution in [0.3, 0.4) is 0 Å². The fourth-order valence-electron chi connectivity index (χ4n) is 2.00. The molecule has 0 radical (unpaired) electrons. The average Bonchev–Trinajstić information content (AvgIpc) is 3.16. The molecular formula is C17H15FN4O3. The van der Waals surface area contributed by atoms with Crippen LogP contribution in [-0.2, 0) is 0 Å². The molecule has 7 nitrogen and oxygen atoms in total. The van der Waals surface area contributed by atoms with Gasteiger partial charge in [0.1, 0.15) is 18.1 Å². The molecule has 3 rings (SSSR count). The Morgan fingerprint density at radius 3 is 2.72 bits per heavy atom. The van der Waals surface area contributed by atoms with Crippen LogP contribution in [0.25, 0.3) is 11.5 Å². The van der Waals surface area contributed by atoms with Crippen molar-refractivity contribution in [3.8, 4) is 17.3 Å². The second-order valence-electron chi connectivity index (χ2n) is 4.94. The number of nitrogens with zero attached hydrogens (tertiary/aromatic N) is 2. The Morgan fingerprint density at radius 1 is 1.12 bits per heavy atom. The summed E-state index contributed by atoms with van der Waals surface area (Å²) < 4.78 is 24.0. The Kier molecular flexibility index (Phi) is 5.20. The maximum absolute atomic E-state index is 13.4. The minimum Gasteiger partial charge on any atom is -0.475 e. The number of halogens is 1. The second-order valence-corrected chi connectivity index (χ2v) is 4.94. The van der Waals surface area contributed by atoms with Gasteiger partial charge in [0, 0.05) is 6.07 Å². The molecule has 0 aliphatic heterocycles. The van der Waals surface area contributed by atoms with E-state index in [4.69, 9.17) is 9.15 Å². The van der Waals surface area contributed by atoms with Gasteiger partial charge in [0.25, 0.3) is 0 Å². The molecule has 0 bridgehead atoms. The number of urea groups is 1. The van der Waals surface area contributed by atoms with Crippen LogP contribution in [-0.4, -0.2) is 29.4 Å². The second kappa shape index (κ2) is 7.91. The highest BCUT2D eigenvalue weighted by Gasteiger charge is 2.06. The van der Waals surface area contributed by atoms with E-state index in [1.807, 2.05) is 0 Å². The van der Waals surface area contributed by atoms with Crippen LogP contribution in [0.5, 0.6) is 5.88 Å². The fourth-order valence-corrected chi connectivity index (χ4v) is 2.00. The molecule has 128 valence electrons. The zero-order chi connectivity index (χ0) is 17.5. The maximum Gasteiger partial charge on any atom is 0.319 e. The molecule has 2 heterocycles. The number of furan rings is 1. The van der Waals surface area contributed by atoms with Gasteiger partial charge >= 0.3 is 6.03 Å². The summed E-state index contributed by atoms with van der Waals surface area (Å²) in [5, 5.41) is 12.9. The summed E-state index contributed by atoms with van der Waals surface area (Å²) in [6, 6.07) is 12.3. The molecule has 0 fully saturated rings. The molecule has 0 aliphatic carbocycles. The Balaban J connectivity index is 1.41. The van der Waals surface area contributed by atoms with E-state index in [9.17, 15) is 9.18 Å². The number of nitrogens with one attached hydrogen (secondary N) is 2. The van der Waals surface area contributed by atoms with Crippen LogP contribution in [0.1, 0.15) is 0 Å². The lowest BCUT2D eigenvalue weighted by atomic mass is 10.3. The number of amides is 2. The van der Waals surface area contributed by atoms with Gasteiger partial charge in [-0.1, -0.05) is 12.1 Å². The first-order chi connectivity index (χ1) is 12.2. The van der Waals surface area contributed by atoms with Crippen molar-refractivity contribution in [2.24, 2.45) is 0 Å². The lowest BCUT2D eigenvalue weighted by Gasteiger charge is -2.09. The minimum atomic E-state index is -0.520. The molecule has 1 aromatic carbocycles. The SMILES string of the molecule is O=C(NCCOc1ccc(-c2ccco2)nn1)Nc1ccccc1F. The van der Waals surface area contributed by atoms with Gasteiger partial charge in [0.15, 0.2) is 5.76 Å². The molecule has 0 atom stereocenters. The summed E-state index contributed by atoms with van der Waals surface area (Å²) >= 11 is 0. The van der Waals surface area contributed by atoms with E-state index in [2.05, 4.69) is 20.8 Å². The lowest BCUT2D eigenvalue weighted by Crippen LogP contribution is -2.32. The van der Waals surface area contributed by atoms with Crippen LogP contribution >= 0.6 is 0 Å². The van der Waals surface area contributed by atoms with Crippen LogP contribution in [0.4, 0.5) is 14.9 Å². The first kappa shape index (κ1) is 16.4. The number of rotatable bonds is 6. The summed E-state index contributed by atoms with van der Waals surface area (Å²) in [6.45, 7) is 0.418. The number of benzene rings is 1. The fraction of sp³-hybridized carbons (Fsp3) is 0.118. The third-order valence-corrected chi connectivity index (χ3v) is 3.17. The highest BCUT2D eigenvalue weighted by Crippen LogP contribution is 2.17. The Labute approximate surface area is 142 Å². The van der Waals surface area contributed by atoms with E-state index < -0.39 is 11.8 Å². The van der Waals surface area contributed by atoms with Gasteiger partial charge in [-0.2, -0.15) is 0 Å². The van der Waals surface area contributed by atoms with Gasteiger partial charge in [-0.05, 0) is 30.3 Å². The molecule has 8 heteroatoms. The maximum atomic E-state index is 13.4. The molecular weight excluding hydrogens is 327 g/mol. The Bertz CT molecular complexity index is 822. The molecule has 0 saturated carbocycles. The summed E-state index contributed by atoms with van der Waals surface area (Å²) in [5.74, 6) is 0.443. The van der Waals surface area contributed by atoms with Crippen molar-refractivity contribution < 1.29 is 18.3 Å². The number of hydrogen-bond donors (Lipinski definition) is 2. The first-order valence-electron chi connectivity index (χ1n) is 7.52. The van der Waals surface area contributed by atoms with E-state index in [0.29, 0.717) is 17.3 Å². The standard InChI is InChI=1S/C17H15FN4O3/c18-12-4-1-2-5-13(12)20-17(23)19-9-11-25-16-8-7-14(21-22-16)15-6-3-10-24-15/h1-8,10H,9,11H2,(H2,19,20,23). The monoisotopic (exact) mass is 342 g/mol. The highest BCUT2D eigenvalue weighted by atomic mass is 19.1. The molecule has 3 aromatic rings. The number of hydrogen-bond acceptors (Lipinski definition) is 5. The topological polar surface area (TPSA) is 89.3 Å². The van der Waals surface area contributed by atoms with E-state index in [0.717, 1.165) is 0 Å². The van der Waals surface area contributed by atoms with Gasteiger partial charge < -0.3 is 19.8 Å². The Morgan fingerprint density at radius 2 is 2.00 bits per heavy atom. The number of ether oxygens (including phenoxy) is 1. The third-order valence-electron chi connectivity index (χ3n) is 3.17. The third kappa shape index (κ3) is 4.54. The van der Waals surface area contributed by atoms with Crippen molar-refractivity contribution in [3.05, 3.63) is 60.6 Å². The summed E-state index contributed by atoms with van der Waals surface area (Å²) in [7, 11) is 0. The zero-order valence-corrected chi connectivity index (χ0v) is 13.1. The van der Waals surface area contributed by atoms with Crippen molar-refractivity contribution in [1.29, 1.82) is 0 Å². The summed E-state index contributed by atoms with van der Waals surface area (Å²) in [5.41, 5.74) is 0.708. The van der Waals surface area contributed by atoms with E-state index >= 15 is 0 Å². The van der Waals surface area contributed by atoms with Gasteiger partial charge in [-0.15, -0.1) is 10.2 Å². The van der Waals surface area contributed by atoms with Crippen molar-refractivity contribution in [3.63, 3.8) is 0 Å². The quantitative estimate of drug-likeness (QED) is 0.672. The number of para-hydroxylation sites is 1. The number of carbonyl (C=O) groups excluding carboxylic acids is 1. The smallest absolute Gasteiger partial charge is 0.319 e. The van der Waals surface area contributed by atoms with Crippen LogP contribution < -0.4 is 15.4 Å². The average molecular weight is 342 g/mol. The molecule has 0 spiro atoms. The molecule has 2 amide bonds. The van der Waals surface area contributed by atoms with Crippen LogP contribution in [0.2, 0.25) is 0 Å². The van der Waals surface area contributed by atoms with Gasteiger partial charge in [-0.25, -0.2) is 9.18 Å². The number of aromatic nitrogens is 2. The van der Waals surface area contributed by atoms with Crippen molar-refractivity contribution >= 4 is 11.7 Å². The molecule has 0 aliphatic rings. The normalized spacial score (nSPS) is 10.3. The summed E-state index contributed by atoms with van der Waals surface area (Å²) in [4.78, 5) is 11.7. The number of anilines is 1. The van der Waals surface area contributed by atoms with Gasteiger partial charge in [0.05, 0.1) is 18.5 Å². The van der Waals surface area contributed by atoms with E-state index in [-0.39, 0.29) is 18.8 Å². The molecule has 0 saturated heterocycles. The predicted octanol–water partition coefficient (Wildman–Crippen LogP) is 3.08. The highest BCUT2D eigenvalue weighted by molar-refractivity contribution is 5.89. The number of carbonyl (C=O) groups is 1. The van der Waals surface area contributed by atoms with E-state index in [1.54, 1.807) is 42.7 Å². The largest absolute Gasteiger partial charge is 0.475 e.